The van der Waals surface area contributed by atoms with Crippen LogP contribution < -0.4 is 0 Å². The Kier molecular flexibility index (Phi) is 3.51. The van der Waals surface area contributed by atoms with Crippen LogP contribution in [0.25, 0.3) is 16.6 Å². The van der Waals surface area contributed by atoms with E-state index in [4.69, 9.17) is 4.42 Å². The highest BCUT2D eigenvalue weighted by atomic mass is 79.9. The van der Waals surface area contributed by atoms with Gasteiger partial charge >= 0.3 is 0 Å². The first-order valence-electron chi connectivity index (χ1n) is 5.98. The highest BCUT2D eigenvalue weighted by molar-refractivity contribution is 9.10. The lowest BCUT2D eigenvalue weighted by Crippen LogP contribution is -1.82. The van der Waals surface area contributed by atoms with Gasteiger partial charge in [0.25, 0.3) is 0 Å². The van der Waals surface area contributed by atoms with Crippen LogP contribution in [-0.2, 0) is 6.54 Å². The Morgan fingerprint density at radius 2 is 2.20 bits per heavy atom. The monoisotopic (exact) mass is 332 g/mol. The van der Waals surface area contributed by atoms with Crippen molar-refractivity contribution in [1.29, 1.82) is 0 Å². The first kappa shape index (κ1) is 12.9. The van der Waals surface area contributed by atoms with E-state index in [0.717, 1.165) is 27.1 Å². The molecule has 3 rings (SSSR count). The SMILES string of the molecule is Cc1cc(Br)ccc1-c1ccc(C[N-]c2nn[nH]n2)o1. The second kappa shape index (κ2) is 5.46. The van der Waals surface area contributed by atoms with E-state index < -0.39 is 0 Å². The van der Waals surface area contributed by atoms with Crippen molar-refractivity contribution in [3.8, 4) is 11.3 Å². The molecule has 0 spiro atoms. The number of rotatable bonds is 4. The molecular formula is C13H11BrN5O-. The fourth-order valence-electron chi connectivity index (χ4n) is 1.88. The molecule has 1 aromatic carbocycles. The number of furan rings is 1. The molecule has 0 saturated heterocycles. The maximum atomic E-state index is 5.79. The summed E-state index contributed by atoms with van der Waals surface area (Å²) in [6.45, 7) is 2.43. The van der Waals surface area contributed by atoms with Crippen LogP contribution in [0.15, 0.2) is 39.2 Å². The van der Waals surface area contributed by atoms with Gasteiger partial charge in [0.2, 0.25) is 0 Å². The number of nitrogens with one attached hydrogen (secondary N) is 1. The van der Waals surface area contributed by atoms with Gasteiger partial charge in [-0.3, -0.25) is 15.4 Å². The Bertz CT molecular complexity index is 707. The molecule has 3 aromatic rings. The molecule has 1 N–H and O–H groups in total. The third-order valence-electron chi connectivity index (χ3n) is 2.83. The molecule has 0 unspecified atom stereocenters. The number of aromatic nitrogens is 4. The van der Waals surface area contributed by atoms with Gasteiger partial charge in [0.05, 0.1) is 5.95 Å². The standard InChI is InChI=1S/C13H11BrN5O/c1-8-6-9(14)2-4-11(8)12-5-3-10(20-12)7-15-13-16-18-19-17-13/h2-6H,7H2,1H3,(H-,15,16,17,18,19)/q-1. The Hall–Kier alpha value is -2.15. The highest BCUT2D eigenvalue weighted by Gasteiger charge is 2.07. The van der Waals surface area contributed by atoms with Gasteiger partial charge in [0, 0.05) is 16.6 Å². The van der Waals surface area contributed by atoms with Gasteiger partial charge in [-0.05, 0) is 42.8 Å². The van der Waals surface area contributed by atoms with E-state index in [2.05, 4.69) is 47.9 Å². The molecule has 102 valence electrons. The second-order valence-electron chi connectivity index (χ2n) is 4.25. The molecule has 6 nitrogen and oxygen atoms in total. The van der Waals surface area contributed by atoms with E-state index in [1.54, 1.807) is 0 Å². The summed E-state index contributed by atoms with van der Waals surface area (Å²) in [5.74, 6) is 1.91. The Balaban J connectivity index is 1.76. The van der Waals surface area contributed by atoms with Crippen LogP contribution in [0.1, 0.15) is 11.3 Å². The minimum Gasteiger partial charge on any atom is -0.461 e. The summed E-state index contributed by atoms with van der Waals surface area (Å²) in [6.07, 6.45) is 0. The first-order chi connectivity index (χ1) is 9.72. The third kappa shape index (κ3) is 2.72. The van der Waals surface area contributed by atoms with Crippen molar-refractivity contribution in [2.75, 3.05) is 0 Å². The van der Waals surface area contributed by atoms with Gasteiger partial charge < -0.3 is 9.73 Å². The number of benzene rings is 1. The van der Waals surface area contributed by atoms with Crippen molar-refractivity contribution in [2.24, 2.45) is 0 Å². The molecule has 0 aliphatic carbocycles. The molecule has 0 saturated carbocycles. The molecule has 0 atom stereocenters. The second-order valence-corrected chi connectivity index (χ2v) is 5.17. The molecule has 2 aromatic heterocycles. The Morgan fingerprint density at radius 1 is 1.30 bits per heavy atom. The molecule has 0 amide bonds. The number of halogens is 1. The van der Waals surface area contributed by atoms with E-state index >= 15 is 0 Å². The summed E-state index contributed by atoms with van der Waals surface area (Å²) in [5, 5.41) is 17.5. The highest BCUT2D eigenvalue weighted by Crippen LogP contribution is 2.28. The molecule has 7 heteroatoms. The lowest BCUT2D eigenvalue weighted by atomic mass is 10.1. The zero-order chi connectivity index (χ0) is 13.9. The van der Waals surface area contributed by atoms with Gasteiger partial charge in [-0.15, -0.1) is 5.21 Å². The topological polar surface area (TPSA) is 81.7 Å². The smallest absolute Gasteiger partial charge is 0.134 e. The number of nitrogens with zero attached hydrogens (tertiary/aromatic N) is 4. The van der Waals surface area contributed by atoms with Crippen molar-refractivity contribution >= 4 is 21.9 Å². The van der Waals surface area contributed by atoms with Crippen molar-refractivity contribution in [3.63, 3.8) is 0 Å². The summed E-state index contributed by atoms with van der Waals surface area (Å²) in [4.78, 5) is 0. The molecule has 2 heterocycles. The lowest BCUT2D eigenvalue weighted by molar-refractivity contribution is 0.534. The van der Waals surface area contributed by atoms with Crippen LogP contribution in [0.2, 0.25) is 0 Å². The van der Waals surface area contributed by atoms with Gasteiger partial charge in [0.15, 0.2) is 0 Å². The number of tetrazole rings is 1. The van der Waals surface area contributed by atoms with Crippen LogP contribution in [-0.4, -0.2) is 20.6 Å². The molecule has 0 aliphatic heterocycles. The van der Waals surface area contributed by atoms with E-state index in [-0.39, 0.29) is 0 Å². The van der Waals surface area contributed by atoms with Crippen LogP contribution in [0.5, 0.6) is 0 Å². The zero-order valence-electron chi connectivity index (χ0n) is 10.7. The third-order valence-corrected chi connectivity index (χ3v) is 3.32. The van der Waals surface area contributed by atoms with Crippen LogP contribution >= 0.6 is 15.9 Å². The summed E-state index contributed by atoms with van der Waals surface area (Å²) >= 11 is 3.45. The maximum Gasteiger partial charge on any atom is 0.134 e. The molecule has 0 bridgehead atoms. The number of H-pyrrole nitrogens is 1. The maximum absolute atomic E-state index is 5.79. The predicted molar refractivity (Wildman–Crippen MR) is 77.5 cm³/mol. The number of aryl methyl sites for hydroxylation is 1. The van der Waals surface area contributed by atoms with Gasteiger partial charge in [-0.1, -0.05) is 15.9 Å². The normalized spacial score (nSPS) is 10.7. The van der Waals surface area contributed by atoms with Gasteiger partial charge in [-0.2, -0.15) is 0 Å². The number of aromatic amines is 1. The predicted octanol–water partition coefficient (Wildman–Crippen LogP) is 3.74. The van der Waals surface area contributed by atoms with Crippen molar-refractivity contribution in [3.05, 3.63) is 51.4 Å². The molecule has 0 fully saturated rings. The van der Waals surface area contributed by atoms with E-state index in [0.29, 0.717) is 12.5 Å². The summed E-state index contributed by atoms with van der Waals surface area (Å²) in [5.41, 5.74) is 2.22. The minimum atomic E-state index is 0.322. The van der Waals surface area contributed by atoms with E-state index in [9.17, 15) is 0 Å². The average molecular weight is 333 g/mol. The minimum absolute atomic E-state index is 0.322. The Labute approximate surface area is 123 Å². The van der Waals surface area contributed by atoms with E-state index in [1.807, 2.05) is 31.2 Å². The fraction of sp³-hybridized carbons (Fsp3) is 0.154. The van der Waals surface area contributed by atoms with Crippen molar-refractivity contribution < 1.29 is 4.42 Å². The molecule has 0 radical (unpaired) electrons. The number of hydrogen-bond donors (Lipinski definition) is 1. The van der Waals surface area contributed by atoms with Crippen LogP contribution in [0.3, 0.4) is 0 Å². The Morgan fingerprint density at radius 3 is 2.95 bits per heavy atom. The summed E-state index contributed by atoms with van der Waals surface area (Å²) in [7, 11) is 0. The molecule has 0 aliphatic rings. The van der Waals surface area contributed by atoms with Gasteiger partial charge in [0.1, 0.15) is 11.5 Å². The number of hydrogen-bond acceptors (Lipinski definition) is 4. The largest absolute Gasteiger partial charge is 0.461 e. The quantitative estimate of drug-likeness (QED) is 0.788. The van der Waals surface area contributed by atoms with Crippen molar-refractivity contribution in [2.45, 2.75) is 13.5 Å². The van der Waals surface area contributed by atoms with Gasteiger partial charge in [-0.25, -0.2) is 0 Å². The first-order valence-corrected chi connectivity index (χ1v) is 6.78. The van der Waals surface area contributed by atoms with E-state index in [1.165, 1.54) is 0 Å². The van der Waals surface area contributed by atoms with Crippen molar-refractivity contribution in [1.82, 2.24) is 20.6 Å². The lowest BCUT2D eigenvalue weighted by Gasteiger charge is -2.05. The van der Waals surface area contributed by atoms with Crippen LogP contribution in [0.4, 0.5) is 5.95 Å². The molecule has 20 heavy (non-hydrogen) atoms. The summed E-state index contributed by atoms with van der Waals surface area (Å²) in [6, 6.07) is 9.92. The summed E-state index contributed by atoms with van der Waals surface area (Å²) < 4.78 is 6.85. The van der Waals surface area contributed by atoms with Crippen LogP contribution in [0, 0.1) is 6.92 Å². The average Bonchev–Trinajstić information content (AvgIpc) is 3.07. The molecular weight excluding hydrogens is 322 g/mol. The fourth-order valence-corrected chi connectivity index (χ4v) is 2.36. The zero-order valence-corrected chi connectivity index (χ0v) is 12.3.